The summed E-state index contributed by atoms with van der Waals surface area (Å²) in [5, 5.41) is 1.79. The Morgan fingerprint density at radius 1 is 1.38 bits per heavy atom. The van der Waals surface area contributed by atoms with Gasteiger partial charge in [0.1, 0.15) is 0 Å². The monoisotopic (exact) mass is 218 g/mol. The lowest BCUT2D eigenvalue weighted by Gasteiger charge is -2.26. The Morgan fingerprint density at radius 3 is 2.69 bits per heavy atom. The van der Waals surface area contributed by atoms with Crippen LogP contribution in [0.2, 0.25) is 0 Å². The molecule has 16 heavy (non-hydrogen) atoms. The molecule has 2 rings (SSSR count). The number of hydrogen-bond acceptors (Lipinski definition) is 2. The molecule has 3 heteroatoms. The van der Waals surface area contributed by atoms with Crippen LogP contribution < -0.4 is 5.43 Å². The number of hydrogen-bond donors (Lipinski definition) is 1. The van der Waals surface area contributed by atoms with Crippen LogP contribution in [-0.4, -0.2) is 17.5 Å². The van der Waals surface area contributed by atoms with E-state index < -0.39 is 0 Å². The first kappa shape index (κ1) is 11.1. The second-order valence-corrected chi connectivity index (χ2v) is 4.49. The normalized spacial score (nSPS) is 20.4. The Balaban J connectivity index is 2.19. The van der Waals surface area contributed by atoms with Crippen LogP contribution in [-0.2, 0) is 4.79 Å². The van der Waals surface area contributed by atoms with E-state index in [9.17, 15) is 4.79 Å². The van der Waals surface area contributed by atoms with E-state index in [0.717, 1.165) is 13.0 Å². The zero-order valence-corrected chi connectivity index (χ0v) is 9.81. The van der Waals surface area contributed by atoms with Gasteiger partial charge in [-0.05, 0) is 12.0 Å². The molecular weight excluding hydrogens is 200 g/mol. The summed E-state index contributed by atoms with van der Waals surface area (Å²) in [6.45, 7) is 4.74. The van der Waals surface area contributed by atoms with Crippen LogP contribution in [0.25, 0.3) is 0 Å². The number of carbonyl (C=O) groups excluding carboxylic acids is 1. The van der Waals surface area contributed by atoms with Gasteiger partial charge in [-0.15, -0.1) is 0 Å². The Hall–Kier alpha value is -1.35. The number of rotatable bonds is 2. The van der Waals surface area contributed by atoms with Crippen molar-refractivity contribution in [3.8, 4) is 0 Å². The van der Waals surface area contributed by atoms with Crippen LogP contribution in [0.15, 0.2) is 30.3 Å². The minimum atomic E-state index is 0.0387. The Morgan fingerprint density at radius 2 is 2.06 bits per heavy atom. The van der Waals surface area contributed by atoms with Crippen molar-refractivity contribution in [2.45, 2.75) is 26.3 Å². The van der Waals surface area contributed by atoms with E-state index in [2.05, 4.69) is 17.6 Å². The minimum absolute atomic E-state index is 0.0387. The number of benzene rings is 1. The van der Waals surface area contributed by atoms with E-state index in [0.29, 0.717) is 0 Å². The number of amides is 1. The van der Waals surface area contributed by atoms with Crippen molar-refractivity contribution in [1.29, 1.82) is 0 Å². The second-order valence-electron chi connectivity index (χ2n) is 4.49. The van der Waals surface area contributed by atoms with Crippen LogP contribution in [0, 0.1) is 5.92 Å². The van der Waals surface area contributed by atoms with E-state index in [4.69, 9.17) is 0 Å². The standard InChI is InChI=1S/C13H18N2O/c1-10(2)13(16)15-12(8-9-14-15)11-6-4-3-5-7-11/h3-7,10,12,14H,8-9H2,1-2H3. The predicted molar refractivity (Wildman–Crippen MR) is 63.5 cm³/mol. The van der Waals surface area contributed by atoms with Crippen molar-refractivity contribution in [3.63, 3.8) is 0 Å². The first-order valence-corrected chi connectivity index (χ1v) is 5.81. The predicted octanol–water partition coefficient (Wildman–Crippen LogP) is 2.12. The van der Waals surface area contributed by atoms with Gasteiger partial charge in [0.2, 0.25) is 5.91 Å². The van der Waals surface area contributed by atoms with Gasteiger partial charge in [-0.25, -0.2) is 5.43 Å². The van der Waals surface area contributed by atoms with Gasteiger partial charge in [0.25, 0.3) is 0 Å². The van der Waals surface area contributed by atoms with Gasteiger partial charge >= 0.3 is 0 Å². The average Bonchev–Trinajstić information content (AvgIpc) is 2.77. The number of nitrogens with zero attached hydrogens (tertiary/aromatic N) is 1. The molecular formula is C13H18N2O. The summed E-state index contributed by atoms with van der Waals surface area (Å²) < 4.78 is 0. The molecule has 1 atom stereocenters. The quantitative estimate of drug-likeness (QED) is 0.824. The molecule has 1 unspecified atom stereocenters. The summed E-state index contributed by atoms with van der Waals surface area (Å²) >= 11 is 0. The summed E-state index contributed by atoms with van der Waals surface area (Å²) in [6.07, 6.45) is 0.989. The van der Waals surface area contributed by atoms with Crippen LogP contribution in [0.5, 0.6) is 0 Å². The van der Waals surface area contributed by atoms with Gasteiger partial charge in [-0.2, -0.15) is 0 Å². The number of carbonyl (C=O) groups is 1. The van der Waals surface area contributed by atoms with Gasteiger partial charge in [-0.3, -0.25) is 9.80 Å². The highest BCUT2D eigenvalue weighted by molar-refractivity contribution is 5.78. The summed E-state index contributed by atoms with van der Waals surface area (Å²) in [6, 6.07) is 10.4. The fourth-order valence-electron chi connectivity index (χ4n) is 2.06. The largest absolute Gasteiger partial charge is 0.273 e. The van der Waals surface area contributed by atoms with Gasteiger partial charge in [0.15, 0.2) is 0 Å². The van der Waals surface area contributed by atoms with Crippen molar-refractivity contribution in [3.05, 3.63) is 35.9 Å². The highest BCUT2D eigenvalue weighted by atomic mass is 16.2. The van der Waals surface area contributed by atoms with Crippen LogP contribution in [0.4, 0.5) is 0 Å². The van der Waals surface area contributed by atoms with E-state index in [-0.39, 0.29) is 17.9 Å². The van der Waals surface area contributed by atoms with Gasteiger partial charge in [0, 0.05) is 12.5 Å². The fraction of sp³-hybridized carbons (Fsp3) is 0.462. The maximum atomic E-state index is 12.0. The summed E-state index contributed by atoms with van der Waals surface area (Å²) in [4.78, 5) is 12.0. The van der Waals surface area contributed by atoms with Crippen molar-refractivity contribution in [2.75, 3.05) is 6.54 Å². The second kappa shape index (κ2) is 4.66. The van der Waals surface area contributed by atoms with E-state index in [1.54, 1.807) is 5.01 Å². The topological polar surface area (TPSA) is 32.3 Å². The van der Waals surface area contributed by atoms with Crippen LogP contribution in [0.3, 0.4) is 0 Å². The maximum absolute atomic E-state index is 12.0. The van der Waals surface area contributed by atoms with Crippen molar-refractivity contribution in [1.82, 2.24) is 10.4 Å². The summed E-state index contributed by atoms with van der Waals surface area (Å²) in [7, 11) is 0. The van der Waals surface area contributed by atoms with Gasteiger partial charge in [0.05, 0.1) is 6.04 Å². The highest BCUT2D eigenvalue weighted by Gasteiger charge is 2.30. The molecule has 0 radical (unpaired) electrons. The molecule has 1 aromatic carbocycles. The minimum Gasteiger partial charge on any atom is -0.273 e. The molecule has 1 amide bonds. The molecule has 86 valence electrons. The van der Waals surface area contributed by atoms with Gasteiger partial charge < -0.3 is 0 Å². The molecule has 1 N–H and O–H groups in total. The Kier molecular flexibility index (Phi) is 3.25. The summed E-state index contributed by atoms with van der Waals surface area (Å²) in [5.41, 5.74) is 4.38. The molecule has 0 aliphatic carbocycles. The molecule has 1 aliphatic rings. The molecule has 1 saturated heterocycles. The van der Waals surface area contributed by atoms with E-state index >= 15 is 0 Å². The molecule has 1 heterocycles. The lowest BCUT2D eigenvalue weighted by molar-refractivity contribution is -0.138. The van der Waals surface area contributed by atoms with Gasteiger partial charge in [-0.1, -0.05) is 44.2 Å². The number of nitrogens with one attached hydrogen (secondary N) is 1. The Labute approximate surface area is 96.4 Å². The third kappa shape index (κ3) is 2.09. The lowest BCUT2D eigenvalue weighted by Crippen LogP contribution is -2.41. The molecule has 0 bridgehead atoms. The Bertz CT molecular complexity index is 361. The third-order valence-electron chi connectivity index (χ3n) is 2.93. The molecule has 0 spiro atoms. The lowest BCUT2D eigenvalue weighted by atomic mass is 10.0. The smallest absolute Gasteiger partial charge is 0.239 e. The number of hydrazine groups is 1. The molecule has 0 aromatic heterocycles. The zero-order valence-electron chi connectivity index (χ0n) is 9.81. The SMILES string of the molecule is CC(C)C(=O)N1NCCC1c1ccccc1. The molecule has 1 aliphatic heterocycles. The van der Waals surface area contributed by atoms with Crippen LogP contribution in [0.1, 0.15) is 31.9 Å². The highest BCUT2D eigenvalue weighted by Crippen LogP contribution is 2.27. The summed E-state index contributed by atoms with van der Waals surface area (Å²) in [5.74, 6) is 0.211. The van der Waals surface area contributed by atoms with Crippen molar-refractivity contribution < 1.29 is 4.79 Å². The van der Waals surface area contributed by atoms with Crippen molar-refractivity contribution in [2.24, 2.45) is 5.92 Å². The fourth-order valence-corrected chi connectivity index (χ4v) is 2.06. The molecule has 1 aromatic rings. The molecule has 1 fully saturated rings. The maximum Gasteiger partial charge on any atom is 0.239 e. The first-order chi connectivity index (χ1) is 7.70. The third-order valence-corrected chi connectivity index (χ3v) is 2.93. The average molecular weight is 218 g/mol. The first-order valence-electron chi connectivity index (χ1n) is 5.81. The van der Waals surface area contributed by atoms with E-state index in [1.165, 1.54) is 5.56 Å². The molecule has 3 nitrogen and oxygen atoms in total. The van der Waals surface area contributed by atoms with Crippen LogP contribution >= 0.6 is 0 Å². The molecule has 0 saturated carbocycles. The van der Waals surface area contributed by atoms with Crippen molar-refractivity contribution >= 4 is 5.91 Å². The zero-order chi connectivity index (χ0) is 11.5. The van der Waals surface area contributed by atoms with E-state index in [1.807, 2.05) is 32.0 Å².